The molecule has 0 aliphatic carbocycles. The van der Waals surface area contributed by atoms with E-state index in [0.717, 1.165) is 42.0 Å². The first-order chi connectivity index (χ1) is 23.4. The van der Waals surface area contributed by atoms with Crippen molar-refractivity contribution in [2.75, 3.05) is 36.6 Å². The maximum absolute atomic E-state index is 14.2. The Bertz CT molecular complexity index is 1930. The lowest BCUT2D eigenvalue weighted by Gasteiger charge is -2.44. The molecule has 1 fully saturated rings. The summed E-state index contributed by atoms with van der Waals surface area (Å²) in [6.45, 7) is 1.89. The van der Waals surface area contributed by atoms with Crippen molar-refractivity contribution in [2.45, 2.75) is 24.7 Å². The van der Waals surface area contributed by atoms with Crippen molar-refractivity contribution in [2.24, 2.45) is 0 Å². The minimum absolute atomic E-state index is 0.0571. The number of terminal acetylenes is 1. The SMILES string of the molecule is C#CCOc1c(I)cc(/C=C2\C(=O)NC(=O)N(c3cc4c5c(c3)[C@H](c3ccccc3)CCN5CC[C@H]4c3ccccc3)C2=O)cc1OC. The summed E-state index contributed by atoms with van der Waals surface area (Å²) < 4.78 is 11.9. The number of rotatable bonds is 7. The van der Waals surface area contributed by atoms with Crippen LogP contribution in [0.15, 0.2) is 90.5 Å². The number of hydrogen-bond acceptors (Lipinski definition) is 6. The lowest BCUT2D eigenvalue weighted by Crippen LogP contribution is -2.54. The number of halogens is 1. The molecule has 1 saturated heterocycles. The number of imide groups is 2. The van der Waals surface area contributed by atoms with E-state index >= 15 is 0 Å². The van der Waals surface area contributed by atoms with Crippen molar-refractivity contribution in [3.8, 4) is 23.8 Å². The molecule has 7 rings (SSSR count). The van der Waals surface area contributed by atoms with Crippen LogP contribution in [0, 0.1) is 15.9 Å². The molecule has 0 radical (unpaired) electrons. The quantitative estimate of drug-likeness (QED) is 0.0963. The second kappa shape index (κ2) is 13.2. The van der Waals surface area contributed by atoms with Gasteiger partial charge in [0.15, 0.2) is 11.5 Å². The number of anilines is 2. The first-order valence-corrected chi connectivity index (χ1v) is 16.8. The summed E-state index contributed by atoms with van der Waals surface area (Å²) in [4.78, 5) is 44.5. The lowest BCUT2D eigenvalue weighted by molar-refractivity contribution is -0.122. The number of urea groups is 1. The first kappa shape index (κ1) is 31.5. The molecule has 3 heterocycles. The van der Waals surface area contributed by atoms with E-state index in [-0.39, 0.29) is 24.0 Å². The molecule has 48 heavy (non-hydrogen) atoms. The fourth-order valence-corrected chi connectivity index (χ4v) is 7.89. The third-order valence-corrected chi connectivity index (χ3v) is 10.0. The van der Waals surface area contributed by atoms with Gasteiger partial charge in [0.2, 0.25) is 0 Å². The van der Waals surface area contributed by atoms with Crippen molar-refractivity contribution in [1.82, 2.24) is 5.32 Å². The zero-order valence-electron chi connectivity index (χ0n) is 26.2. The van der Waals surface area contributed by atoms with Gasteiger partial charge in [0, 0.05) is 30.6 Å². The molecule has 3 aliphatic rings. The van der Waals surface area contributed by atoms with Crippen LogP contribution in [-0.2, 0) is 9.59 Å². The van der Waals surface area contributed by atoms with Gasteiger partial charge in [0.1, 0.15) is 12.2 Å². The molecule has 8 nitrogen and oxygen atoms in total. The van der Waals surface area contributed by atoms with Crippen LogP contribution in [0.4, 0.5) is 16.2 Å². The smallest absolute Gasteiger partial charge is 0.335 e. The van der Waals surface area contributed by atoms with Crippen molar-refractivity contribution in [3.63, 3.8) is 0 Å². The van der Waals surface area contributed by atoms with Gasteiger partial charge < -0.3 is 14.4 Å². The highest BCUT2D eigenvalue weighted by Gasteiger charge is 2.40. The lowest BCUT2D eigenvalue weighted by atomic mass is 9.76. The molecule has 0 spiro atoms. The second-order valence-electron chi connectivity index (χ2n) is 11.9. The van der Waals surface area contributed by atoms with Crippen molar-refractivity contribution < 1.29 is 23.9 Å². The second-order valence-corrected chi connectivity index (χ2v) is 13.1. The third kappa shape index (κ3) is 5.70. The van der Waals surface area contributed by atoms with Crippen LogP contribution in [0.25, 0.3) is 6.08 Å². The Hall–Kier alpha value is -5.08. The zero-order chi connectivity index (χ0) is 33.4. The number of hydrogen-bond donors (Lipinski definition) is 1. The van der Waals surface area contributed by atoms with E-state index < -0.39 is 17.8 Å². The van der Waals surface area contributed by atoms with Gasteiger partial charge >= 0.3 is 6.03 Å². The number of benzene rings is 4. The Morgan fingerprint density at radius 2 is 1.52 bits per heavy atom. The molecule has 4 aromatic carbocycles. The van der Waals surface area contributed by atoms with Gasteiger partial charge in [-0.1, -0.05) is 66.6 Å². The number of nitrogens with zero attached hydrogens (tertiary/aromatic N) is 2. The molecule has 9 heteroatoms. The van der Waals surface area contributed by atoms with Gasteiger partial charge in [-0.05, 0) is 93.6 Å². The molecule has 0 aromatic heterocycles. The molecule has 3 aliphatic heterocycles. The van der Waals surface area contributed by atoms with Crippen LogP contribution >= 0.6 is 22.6 Å². The van der Waals surface area contributed by atoms with E-state index in [1.165, 1.54) is 30.0 Å². The predicted molar refractivity (Wildman–Crippen MR) is 193 cm³/mol. The standard InChI is InChI=1S/C39H32IN3O5/c1-3-18-48-36-33(40)20-24(21-34(36)47-2)19-32-37(44)41-39(46)43(38(32)45)27-22-30-28(25-10-6-4-7-11-25)14-16-42-17-15-29(31(23-27)35(30)42)26-12-8-5-9-13-26/h1,4-13,19-23,28-29H,14-18H2,2H3,(H,41,44,46)/b32-19+/t28-,29-/m0/s1. The number of barbiturate groups is 1. The summed E-state index contributed by atoms with van der Waals surface area (Å²) in [7, 11) is 1.50. The van der Waals surface area contributed by atoms with Crippen LogP contribution < -0.4 is 24.6 Å². The van der Waals surface area contributed by atoms with Gasteiger partial charge in [0.25, 0.3) is 11.8 Å². The van der Waals surface area contributed by atoms with Crippen molar-refractivity contribution in [1.29, 1.82) is 0 Å². The summed E-state index contributed by atoms with van der Waals surface area (Å²) in [6, 6.07) is 27.3. The zero-order valence-corrected chi connectivity index (χ0v) is 28.4. The first-order valence-electron chi connectivity index (χ1n) is 15.8. The molecule has 2 atom stereocenters. The fraction of sp³-hybridized carbons (Fsp3) is 0.205. The Labute approximate surface area is 292 Å². The molecule has 0 saturated carbocycles. The topological polar surface area (TPSA) is 88.2 Å². The average Bonchev–Trinajstić information content (AvgIpc) is 3.10. The Morgan fingerprint density at radius 3 is 2.08 bits per heavy atom. The largest absolute Gasteiger partial charge is 0.493 e. The summed E-state index contributed by atoms with van der Waals surface area (Å²) in [5, 5.41) is 2.41. The maximum atomic E-state index is 14.2. The number of methoxy groups -OCH3 is 1. The van der Waals surface area contributed by atoms with Crippen LogP contribution in [0.5, 0.6) is 11.5 Å². The third-order valence-electron chi connectivity index (χ3n) is 9.22. The number of amides is 4. The number of nitrogens with one attached hydrogen (secondary N) is 1. The Balaban J connectivity index is 1.35. The summed E-state index contributed by atoms with van der Waals surface area (Å²) in [6.07, 6.45) is 8.65. The van der Waals surface area contributed by atoms with E-state index in [2.05, 4.69) is 63.0 Å². The molecule has 4 aromatic rings. The molecule has 4 amide bonds. The van der Waals surface area contributed by atoms with E-state index in [9.17, 15) is 14.4 Å². The Morgan fingerprint density at radius 1 is 0.917 bits per heavy atom. The predicted octanol–water partition coefficient (Wildman–Crippen LogP) is 6.86. The fourth-order valence-electron chi connectivity index (χ4n) is 7.10. The van der Waals surface area contributed by atoms with Crippen molar-refractivity contribution in [3.05, 3.63) is 122 Å². The van der Waals surface area contributed by atoms with E-state index in [1.54, 1.807) is 12.1 Å². The van der Waals surface area contributed by atoms with Crippen LogP contribution in [0.3, 0.4) is 0 Å². The van der Waals surface area contributed by atoms with Gasteiger partial charge in [0.05, 0.1) is 16.4 Å². The maximum Gasteiger partial charge on any atom is 0.335 e. The molecule has 1 N–H and O–H groups in total. The molecule has 240 valence electrons. The van der Waals surface area contributed by atoms with Gasteiger partial charge in [-0.2, -0.15) is 0 Å². The van der Waals surface area contributed by atoms with Crippen LogP contribution in [-0.4, -0.2) is 44.7 Å². The number of ether oxygens (including phenoxy) is 2. The summed E-state index contributed by atoms with van der Waals surface area (Å²) in [5.41, 5.74) is 6.47. The van der Waals surface area contributed by atoms with E-state index in [0.29, 0.717) is 26.3 Å². The van der Waals surface area contributed by atoms with Gasteiger partial charge in [-0.25, -0.2) is 9.69 Å². The molecular weight excluding hydrogens is 717 g/mol. The van der Waals surface area contributed by atoms with E-state index in [1.807, 2.05) is 48.5 Å². The highest BCUT2D eigenvalue weighted by Crippen LogP contribution is 2.50. The Kier molecular flexibility index (Phi) is 8.67. The van der Waals surface area contributed by atoms with Crippen LogP contribution in [0.2, 0.25) is 0 Å². The molecular formula is C39H32IN3O5. The molecule has 0 bridgehead atoms. The van der Waals surface area contributed by atoms with E-state index in [4.69, 9.17) is 15.9 Å². The summed E-state index contributed by atoms with van der Waals surface area (Å²) in [5.74, 6) is 1.99. The average molecular weight is 750 g/mol. The highest BCUT2D eigenvalue weighted by atomic mass is 127. The van der Waals surface area contributed by atoms with Gasteiger partial charge in [-0.15, -0.1) is 6.42 Å². The monoisotopic (exact) mass is 749 g/mol. The van der Waals surface area contributed by atoms with Gasteiger partial charge in [-0.3, -0.25) is 14.9 Å². The normalized spacial score (nSPS) is 19.4. The minimum Gasteiger partial charge on any atom is -0.493 e. The highest BCUT2D eigenvalue weighted by molar-refractivity contribution is 14.1. The summed E-state index contributed by atoms with van der Waals surface area (Å²) >= 11 is 2.09. The number of carbonyl (C=O) groups is 3. The molecule has 0 unspecified atom stereocenters. The van der Waals surface area contributed by atoms with Crippen molar-refractivity contribution >= 4 is 57.9 Å². The minimum atomic E-state index is -0.782. The van der Waals surface area contributed by atoms with Crippen LogP contribution in [0.1, 0.15) is 52.5 Å². The number of carbonyl (C=O) groups excluding carboxylic acids is 3.